The summed E-state index contributed by atoms with van der Waals surface area (Å²) in [6.07, 6.45) is 1.16. The third-order valence-corrected chi connectivity index (χ3v) is 6.36. The molecular formula is C25H26FN4Na2O9P. The summed E-state index contributed by atoms with van der Waals surface area (Å²) < 4.78 is 51.9. The van der Waals surface area contributed by atoms with Crippen molar-refractivity contribution in [2.45, 2.75) is 32.3 Å². The number of carbonyl (C=O) groups excluding carboxylic acids is 1. The summed E-state index contributed by atoms with van der Waals surface area (Å²) in [5, 5.41) is 0. The standard InChI is InChI=1S/C25H28FN4O9P.2Na/c1-25(2)24(31)30(13-38-40(32,33)34)23-18(39-25)7-6-15(28-23)11-17-16(26)12-27-21(29-17)10-14-8-19(35-3)22(37-5)20(9-14)36-4;;/h6-9,12H,10-11,13H2,1-5H3,(H2,32,33,34);;/q;2*+1/p-2. The van der Waals surface area contributed by atoms with Crippen molar-refractivity contribution in [2.75, 3.05) is 33.0 Å². The normalized spacial score (nSPS) is 13.7. The zero-order chi connectivity index (χ0) is 29.2. The van der Waals surface area contributed by atoms with Crippen LogP contribution in [0.15, 0.2) is 30.5 Å². The van der Waals surface area contributed by atoms with Gasteiger partial charge in [-0.25, -0.2) is 19.3 Å². The van der Waals surface area contributed by atoms with E-state index < -0.39 is 31.9 Å². The quantitative estimate of drug-likeness (QED) is 0.157. The van der Waals surface area contributed by atoms with Crippen LogP contribution in [0.4, 0.5) is 10.2 Å². The second kappa shape index (κ2) is 14.8. The van der Waals surface area contributed by atoms with Gasteiger partial charge in [-0.05, 0) is 43.7 Å². The van der Waals surface area contributed by atoms with E-state index in [-0.39, 0.29) is 94.9 Å². The maximum absolute atomic E-state index is 14.7. The van der Waals surface area contributed by atoms with E-state index in [2.05, 4.69) is 19.5 Å². The number of phosphoric acid groups is 1. The van der Waals surface area contributed by atoms with Crippen molar-refractivity contribution in [2.24, 2.45) is 0 Å². The summed E-state index contributed by atoms with van der Waals surface area (Å²) in [6, 6.07) is 6.52. The van der Waals surface area contributed by atoms with Gasteiger partial charge in [0, 0.05) is 18.5 Å². The van der Waals surface area contributed by atoms with Crippen LogP contribution in [0.3, 0.4) is 0 Å². The first-order valence-corrected chi connectivity index (χ1v) is 13.3. The molecule has 13 nitrogen and oxygen atoms in total. The molecule has 3 aromatic rings. The van der Waals surface area contributed by atoms with Gasteiger partial charge in [-0.1, -0.05) is 0 Å². The summed E-state index contributed by atoms with van der Waals surface area (Å²) in [4.78, 5) is 48.7. The second-order valence-electron chi connectivity index (χ2n) is 9.14. The Hall–Kier alpha value is -1.84. The van der Waals surface area contributed by atoms with Crippen molar-refractivity contribution in [3.63, 3.8) is 0 Å². The van der Waals surface area contributed by atoms with Crippen LogP contribution in [0.25, 0.3) is 0 Å². The summed E-state index contributed by atoms with van der Waals surface area (Å²) in [7, 11) is -0.912. The second-order valence-corrected chi connectivity index (χ2v) is 10.3. The van der Waals surface area contributed by atoms with Crippen LogP contribution in [0.5, 0.6) is 23.0 Å². The number of nitrogens with zero attached hydrogens (tertiary/aromatic N) is 4. The zero-order valence-electron chi connectivity index (χ0n) is 24.3. The number of phosphoric ester groups is 1. The first kappa shape index (κ1) is 36.4. The molecule has 214 valence electrons. The van der Waals surface area contributed by atoms with Gasteiger partial charge in [0.15, 0.2) is 34.5 Å². The molecule has 1 aliphatic heterocycles. The predicted molar refractivity (Wildman–Crippen MR) is 134 cm³/mol. The van der Waals surface area contributed by atoms with E-state index in [1.807, 2.05) is 0 Å². The molecule has 4 rings (SSSR count). The van der Waals surface area contributed by atoms with Crippen LogP contribution in [0.1, 0.15) is 36.6 Å². The third kappa shape index (κ3) is 8.41. The number of hydrogen-bond acceptors (Lipinski definition) is 12. The van der Waals surface area contributed by atoms with Gasteiger partial charge < -0.3 is 37.8 Å². The Morgan fingerprint density at radius 2 is 1.67 bits per heavy atom. The first-order chi connectivity index (χ1) is 18.8. The number of fused-ring (bicyclic) bond motifs is 1. The summed E-state index contributed by atoms with van der Waals surface area (Å²) >= 11 is 0. The van der Waals surface area contributed by atoms with E-state index in [0.29, 0.717) is 23.1 Å². The number of pyridine rings is 1. The molecule has 0 unspecified atom stereocenters. The van der Waals surface area contributed by atoms with Gasteiger partial charge in [0.2, 0.25) is 5.75 Å². The number of rotatable bonds is 10. The largest absolute Gasteiger partial charge is 1.00 e. The van der Waals surface area contributed by atoms with Crippen molar-refractivity contribution in [3.05, 3.63) is 59.1 Å². The van der Waals surface area contributed by atoms with Gasteiger partial charge in [0.05, 0.1) is 41.0 Å². The van der Waals surface area contributed by atoms with Crippen LogP contribution < -0.4 is 92.7 Å². The molecule has 1 aliphatic rings. The number of benzene rings is 1. The molecule has 1 amide bonds. The van der Waals surface area contributed by atoms with Crippen LogP contribution in [0, 0.1) is 5.82 Å². The minimum Gasteiger partial charge on any atom is -0.790 e. The van der Waals surface area contributed by atoms with Crippen LogP contribution in [0.2, 0.25) is 0 Å². The van der Waals surface area contributed by atoms with Crippen molar-refractivity contribution < 1.29 is 106 Å². The molecule has 0 saturated carbocycles. The van der Waals surface area contributed by atoms with Crippen molar-refractivity contribution in [1.82, 2.24) is 15.0 Å². The minimum absolute atomic E-state index is 0. The first-order valence-electron chi connectivity index (χ1n) is 11.8. The molecule has 0 bridgehead atoms. The Kier molecular flexibility index (Phi) is 12.8. The molecule has 0 radical (unpaired) electrons. The number of amides is 1. The minimum atomic E-state index is -5.39. The molecule has 17 heteroatoms. The summed E-state index contributed by atoms with van der Waals surface area (Å²) in [6.45, 7) is 2.05. The van der Waals surface area contributed by atoms with E-state index in [1.165, 1.54) is 41.2 Å². The Bertz CT molecular complexity index is 1470. The predicted octanol–water partition coefficient (Wildman–Crippen LogP) is -4.47. The summed E-state index contributed by atoms with van der Waals surface area (Å²) in [5.74, 6) is 0.316. The zero-order valence-corrected chi connectivity index (χ0v) is 29.2. The molecule has 0 spiro atoms. The molecule has 0 N–H and O–H groups in total. The fourth-order valence-electron chi connectivity index (χ4n) is 4.08. The SMILES string of the molecule is COc1cc(Cc2ncc(F)c(Cc3ccc4c(n3)N(COP(=O)([O-])[O-])C(=O)C(C)(C)O4)n2)cc(OC)c1OC.[Na+].[Na+]. The topological polar surface area (TPSA) is 168 Å². The van der Waals surface area contributed by atoms with Crippen molar-refractivity contribution in [1.29, 1.82) is 0 Å². The number of anilines is 1. The number of carbonyl (C=O) groups is 1. The molecule has 42 heavy (non-hydrogen) atoms. The maximum atomic E-state index is 14.7. The van der Waals surface area contributed by atoms with E-state index >= 15 is 0 Å². The number of ether oxygens (including phenoxy) is 4. The monoisotopic (exact) mass is 622 g/mol. The van der Waals surface area contributed by atoms with Gasteiger partial charge in [0.1, 0.15) is 12.6 Å². The molecule has 0 saturated heterocycles. The molecule has 3 heterocycles. The van der Waals surface area contributed by atoms with E-state index in [4.69, 9.17) is 18.9 Å². The van der Waals surface area contributed by atoms with Crippen LogP contribution >= 0.6 is 7.82 Å². The van der Waals surface area contributed by atoms with Crippen LogP contribution in [-0.2, 0) is 26.7 Å². The average Bonchev–Trinajstić information content (AvgIpc) is 2.89. The van der Waals surface area contributed by atoms with Gasteiger partial charge >= 0.3 is 59.1 Å². The molecule has 2 aromatic heterocycles. The maximum Gasteiger partial charge on any atom is 1.00 e. The van der Waals surface area contributed by atoms with Crippen molar-refractivity contribution >= 4 is 19.5 Å². The average molecular weight is 622 g/mol. The molecule has 0 aliphatic carbocycles. The Morgan fingerprint density at radius 1 is 1.02 bits per heavy atom. The summed E-state index contributed by atoms with van der Waals surface area (Å²) in [5.41, 5.74) is -0.347. The van der Waals surface area contributed by atoms with Gasteiger partial charge in [-0.3, -0.25) is 9.69 Å². The Morgan fingerprint density at radius 3 is 2.24 bits per heavy atom. The number of methoxy groups -OCH3 is 3. The van der Waals surface area contributed by atoms with Gasteiger partial charge in [-0.2, -0.15) is 0 Å². The molecule has 0 fully saturated rings. The molecule has 1 aromatic carbocycles. The number of aromatic nitrogens is 3. The number of hydrogen-bond donors (Lipinski definition) is 0. The third-order valence-electron chi connectivity index (χ3n) is 5.92. The fraction of sp³-hybridized carbons (Fsp3) is 0.360. The van der Waals surface area contributed by atoms with Gasteiger partial charge in [-0.15, -0.1) is 0 Å². The van der Waals surface area contributed by atoms with Crippen molar-refractivity contribution in [3.8, 4) is 23.0 Å². The Balaban J connectivity index is 0.00000308. The van der Waals surface area contributed by atoms with Gasteiger partial charge in [0.25, 0.3) is 5.91 Å². The number of halogens is 1. The fourth-order valence-corrected chi connectivity index (χ4v) is 4.34. The van der Waals surface area contributed by atoms with E-state index in [0.717, 1.165) is 16.7 Å². The van der Waals surface area contributed by atoms with E-state index in [9.17, 15) is 23.5 Å². The smallest absolute Gasteiger partial charge is 0.790 e. The van der Waals surface area contributed by atoms with Crippen LogP contribution in [-0.4, -0.2) is 54.5 Å². The molecule has 0 atom stereocenters. The Labute approximate surface area is 285 Å². The van der Waals surface area contributed by atoms with E-state index in [1.54, 1.807) is 18.2 Å². The molecular weight excluding hydrogens is 596 g/mol.